The summed E-state index contributed by atoms with van der Waals surface area (Å²) in [5, 5.41) is 0. The lowest BCUT2D eigenvalue weighted by Gasteiger charge is -2.43. The van der Waals surface area contributed by atoms with E-state index in [0.29, 0.717) is 12.8 Å². The van der Waals surface area contributed by atoms with Crippen LogP contribution in [0.4, 0.5) is 83.4 Å². The molecule has 0 amide bonds. The number of halogens is 19. The average molecular weight is 710 g/mol. The molecule has 0 saturated carbocycles. The van der Waals surface area contributed by atoms with Gasteiger partial charge in [-0.15, -0.1) is 0 Å². The van der Waals surface area contributed by atoms with E-state index in [1.165, 1.54) is 0 Å². The first kappa shape index (κ1) is 43.1. The summed E-state index contributed by atoms with van der Waals surface area (Å²) in [4.78, 5) is 11.5. The van der Waals surface area contributed by atoms with Gasteiger partial charge in [-0.25, -0.2) is 0 Å². The molecule has 21 heteroatoms. The highest BCUT2D eigenvalue weighted by molar-refractivity contribution is 5.69. The minimum Gasteiger partial charge on any atom is -0.459 e. The highest BCUT2D eigenvalue weighted by Crippen LogP contribution is 2.65. The molecule has 0 aromatic carbocycles. The molecule has 0 N–H and O–H groups in total. The Bertz CT molecular complexity index is 928. The van der Waals surface area contributed by atoms with Gasteiger partial charge in [-0.2, -0.15) is 83.4 Å². The van der Waals surface area contributed by atoms with Gasteiger partial charge >= 0.3 is 59.5 Å². The van der Waals surface area contributed by atoms with E-state index in [9.17, 15) is 88.2 Å². The first-order chi connectivity index (χ1) is 20.0. The molecule has 0 aliphatic heterocycles. The summed E-state index contributed by atoms with van der Waals surface area (Å²) in [5.74, 6) is -69.1. The standard InChI is InChI=1S/C24H29F19O2/c1-2-3-4-5-6-7-8-9-10-11-12-13-15(44)45-14-16(25,26)17(27,28)18(29,30)19(31,32)20(33,34)21(35,36)22(37,38)23(39,40)24(41,42)43/h2-14H2,1H3. The molecule has 0 radical (unpaired) electrons. The van der Waals surface area contributed by atoms with Gasteiger partial charge in [0.25, 0.3) is 0 Å². The van der Waals surface area contributed by atoms with Crippen molar-refractivity contribution in [1.29, 1.82) is 0 Å². The molecule has 0 fully saturated rings. The Kier molecular flexibility index (Phi) is 14.3. The quantitative estimate of drug-likeness (QED) is 0.0674. The third kappa shape index (κ3) is 8.54. The molecule has 0 saturated heterocycles. The maximum absolute atomic E-state index is 13.8. The normalized spacial score (nSPS) is 15.0. The van der Waals surface area contributed by atoms with Gasteiger partial charge in [-0.3, -0.25) is 4.79 Å². The van der Waals surface area contributed by atoms with Gasteiger partial charge in [-0.1, -0.05) is 71.1 Å². The molecule has 0 aliphatic carbocycles. The largest absolute Gasteiger partial charge is 0.460 e. The molecule has 2 nitrogen and oxygen atoms in total. The number of alkyl halides is 19. The number of ether oxygens (including phenoxy) is 1. The summed E-state index contributed by atoms with van der Waals surface area (Å²) in [6, 6.07) is 0. The molecule has 270 valence electrons. The topological polar surface area (TPSA) is 26.3 Å². The summed E-state index contributed by atoms with van der Waals surface area (Å²) in [7, 11) is 0. The molecule has 0 unspecified atom stereocenters. The average Bonchev–Trinajstić information content (AvgIpc) is 2.89. The van der Waals surface area contributed by atoms with Crippen LogP contribution in [0, 0.1) is 0 Å². The van der Waals surface area contributed by atoms with Gasteiger partial charge in [0.2, 0.25) is 0 Å². The van der Waals surface area contributed by atoms with Crippen LogP contribution in [0.25, 0.3) is 0 Å². The predicted molar refractivity (Wildman–Crippen MR) is 118 cm³/mol. The lowest BCUT2D eigenvalue weighted by Crippen LogP contribution is -2.76. The Morgan fingerprint density at radius 1 is 0.422 bits per heavy atom. The zero-order valence-corrected chi connectivity index (χ0v) is 23.2. The monoisotopic (exact) mass is 710 g/mol. The van der Waals surface area contributed by atoms with Gasteiger partial charge in [0.15, 0.2) is 6.61 Å². The molecule has 0 rings (SSSR count). The molecular weight excluding hydrogens is 681 g/mol. The number of hydrogen-bond donors (Lipinski definition) is 0. The number of hydrogen-bond acceptors (Lipinski definition) is 2. The van der Waals surface area contributed by atoms with E-state index in [0.717, 1.165) is 44.9 Å². The van der Waals surface area contributed by atoms with Crippen molar-refractivity contribution in [1.82, 2.24) is 0 Å². The minimum absolute atomic E-state index is 0.149. The second-order valence-electron chi connectivity index (χ2n) is 10.2. The summed E-state index contributed by atoms with van der Waals surface area (Å²) in [6.07, 6.45) is -0.625. The van der Waals surface area contributed by atoms with Crippen LogP contribution in [0.5, 0.6) is 0 Å². The van der Waals surface area contributed by atoms with Crippen LogP contribution in [0.3, 0.4) is 0 Å². The van der Waals surface area contributed by atoms with Crippen LogP contribution >= 0.6 is 0 Å². The molecule has 0 aliphatic rings. The molecule has 45 heavy (non-hydrogen) atoms. The molecule has 0 atom stereocenters. The van der Waals surface area contributed by atoms with E-state index in [1.807, 2.05) is 6.92 Å². The van der Waals surface area contributed by atoms with E-state index in [4.69, 9.17) is 0 Å². The first-order valence-corrected chi connectivity index (χ1v) is 13.2. The van der Waals surface area contributed by atoms with E-state index in [2.05, 4.69) is 4.74 Å². The Labute approximate surface area is 244 Å². The zero-order valence-electron chi connectivity index (χ0n) is 23.2. The zero-order chi connectivity index (χ0) is 36.0. The Morgan fingerprint density at radius 2 is 0.711 bits per heavy atom. The van der Waals surface area contributed by atoms with Crippen molar-refractivity contribution in [2.24, 2.45) is 0 Å². The van der Waals surface area contributed by atoms with Crippen molar-refractivity contribution in [2.75, 3.05) is 6.61 Å². The van der Waals surface area contributed by atoms with Crippen LogP contribution < -0.4 is 0 Å². The van der Waals surface area contributed by atoms with Crippen molar-refractivity contribution in [2.45, 2.75) is 138 Å². The minimum atomic E-state index is -8.98. The van der Waals surface area contributed by atoms with E-state index in [-0.39, 0.29) is 12.8 Å². The highest BCUT2D eigenvalue weighted by atomic mass is 19.4. The third-order valence-electron chi connectivity index (χ3n) is 6.58. The first-order valence-electron chi connectivity index (χ1n) is 13.2. The highest BCUT2D eigenvalue weighted by Gasteiger charge is 2.96. The summed E-state index contributed by atoms with van der Waals surface area (Å²) in [6.45, 7) is -1.25. The van der Waals surface area contributed by atoms with E-state index < -0.39 is 72.6 Å². The van der Waals surface area contributed by atoms with Gasteiger partial charge in [0.05, 0.1) is 0 Å². The fraction of sp³-hybridized carbons (Fsp3) is 0.958. The van der Waals surface area contributed by atoms with Crippen LogP contribution in [-0.2, 0) is 9.53 Å². The third-order valence-corrected chi connectivity index (χ3v) is 6.58. The number of carbonyl (C=O) groups excluding carboxylic acids is 1. The van der Waals surface area contributed by atoms with Crippen LogP contribution in [0.1, 0.15) is 84.0 Å². The van der Waals surface area contributed by atoms with Gasteiger partial charge in [0, 0.05) is 6.42 Å². The Hall–Kier alpha value is -1.86. The van der Waals surface area contributed by atoms with Gasteiger partial charge in [-0.05, 0) is 6.42 Å². The second kappa shape index (κ2) is 14.9. The molecule has 0 aromatic rings. The number of carbonyl (C=O) groups is 1. The van der Waals surface area contributed by atoms with Crippen molar-refractivity contribution >= 4 is 5.97 Å². The lowest BCUT2D eigenvalue weighted by molar-refractivity contribution is -0.469. The number of unbranched alkanes of at least 4 members (excludes halogenated alkanes) is 10. The summed E-state index contributed by atoms with van der Waals surface area (Å²) < 4.78 is 256. The SMILES string of the molecule is CCCCCCCCCCCCCC(=O)OCC(F)(F)C(F)(F)C(F)(F)C(F)(F)C(F)(F)C(F)(F)C(F)(F)C(F)(F)C(F)(F)F. The molecular formula is C24H29F19O2. The van der Waals surface area contributed by atoms with Gasteiger partial charge < -0.3 is 4.74 Å². The number of rotatable bonds is 21. The number of esters is 1. The fourth-order valence-corrected chi connectivity index (χ4v) is 3.66. The molecule has 0 bridgehead atoms. The van der Waals surface area contributed by atoms with Crippen molar-refractivity contribution in [3.8, 4) is 0 Å². The van der Waals surface area contributed by atoms with Crippen LogP contribution in [0.2, 0.25) is 0 Å². The van der Waals surface area contributed by atoms with Crippen molar-refractivity contribution < 1.29 is 92.9 Å². The van der Waals surface area contributed by atoms with Crippen LogP contribution in [0.15, 0.2) is 0 Å². The maximum Gasteiger partial charge on any atom is 0.460 e. The summed E-state index contributed by atoms with van der Waals surface area (Å²) in [5.41, 5.74) is 0. The van der Waals surface area contributed by atoms with Crippen molar-refractivity contribution in [3.63, 3.8) is 0 Å². The molecule has 0 heterocycles. The predicted octanol–water partition coefficient (Wildman–Crippen LogP) is 10.9. The molecule has 0 aromatic heterocycles. The lowest BCUT2D eigenvalue weighted by atomic mass is 9.87. The second-order valence-corrected chi connectivity index (χ2v) is 10.2. The fourth-order valence-electron chi connectivity index (χ4n) is 3.66. The smallest absolute Gasteiger partial charge is 0.459 e. The summed E-state index contributed by atoms with van der Waals surface area (Å²) >= 11 is 0. The Morgan fingerprint density at radius 3 is 1.04 bits per heavy atom. The molecule has 0 spiro atoms. The maximum atomic E-state index is 13.8. The van der Waals surface area contributed by atoms with E-state index >= 15 is 0 Å². The van der Waals surface area contributed by atoms with E-state index in [1.54, 1.807) is 0 Å². The van der Waals surface area contributed by atoms with Crippen molar-refractivity contribution in [3.05, 3.63) is 0 Å². The Balaban J connectivity index is 5.53. The van der Waals surface area contributed by atoms with Gasteiger partial charge in [0.1, 0.15) is 0 Å². The van der Waals surface area contributed by atoms with Crippen LogP contribution in [-0.4, -0.2) is 66.1 Å².